The minimum absolute atomic E-state index is 0.162. The largest absolute Gasteiger partial charge is 0.490 e. The number of esters is 1. The highest BCUT2D eigenvalue weighted by Gasteiger charge is 2.34. The minimum Gasteiger partial charge on any atom is -0.490 e. The monoisotopic (exact) mass is 295 g/mol. The van der Waals surface area contributed by atoms with Crippen molar-refractivity contribution in [3.05, 3.63) is 24.3 Å². The molecule has 0 aromatic heterocycles. The van der Waals surface area contributed by atoms with Gasteiger partial charge in [0.15, 0.2) is 11.5 Å². The molecule has 5 heteroatoms. The number of ether oxygens (including phenoxy) is 3. The summed E-state index contributed by atoms with van der Waals surface area (Å²) >= 11 is 0. The Hall–Kier alpha value is -1.75. The number of para-hydroxylation sites is 2. The number of nitrogens with one attached hydrogen (secondary N) is 1. The van der Waals surface area contributed by atoms with Crippen LogP contribution in [0.1, 0.15) is 27.2 Å². The average Bonchev–Trinajstić information content (AvgIpc) is 2.51. The van der Waals surface area contributed by atoms with Crippen LogP contribution in [0.15, 0.2) is 24.3 Å². The molecular weight excluding hydrogens is 270 g/mol. The highest BCUT2D eigenvalue weighted by molar-refractivity contribution is 5.80. The van der Waals surface area contributed by atoms with Gasteiger partial charge in [0.05, 0.1) is 13.2 Å². The third kappa shape index (κ3) is 4.93. The van der Waals surface area contributed by atoms with Gasteiger partial charge < -0.3 is 19.5 Å². The van der Waals surface area contributed by atoms with Gasteiger partial charge in [-0.15, -0.1) is 0 Å². The first-order valence-corrected chi connectivity index (χ1v) is 7.28. The number of likely N-dealkylation sites (N-methyl/N-ethyl adjacent to an activating group) is 1. The molecule has 1 aromatic carbocycles. The highest BCUT2D eigenvalue weighted by atomic mass is 16.5. The van der Waals surface area contributed by atoms with Crippen LogP contribution in [0.5, 0.6) is 11.5 Å². The molecule has 0 radical (unpaired) electrons. The van der Waals surface area contributed by atoms with Crippen molar-refractivity contribution < 1.29 is 19.0 Å². The van der Waals surface area contributed by atoms with Gasteiger partial charge in [-0.25, -0.2) is 4.79 Å². The Balaban J connectivity index is 2.74. The quantitative estimate of drug-likeness (QED) is 0.709. The maximum atomic E-state index is 12.0. The van der Waals surface area contributed by atoms with Crippen molar-refractivity contribution >= 4 is 5.97 Å². The van der Waals surface area contributed by atoms with Crippen LogP contribution in [-0.4, -0.2) is 38.4 Å². The van der Waals surface area contributed by atoms with Gasteiger partial charge in [-0.1, -0.05) is 19.1 Å². The Kier molecular flexibility index (Phi) is 7.02. The number of rotatable bonds is 9. The van der Waals surface area contributed by atoms with E-state index in [4.69, 9.17) is 14.2 Å². The van der Waals surface area contributed by atoms with Crippen molar-refractivity contribution in [3.63, 3.8) is 0 Å². The lowest BCUT2D eigenvalue weighted by molar-refractivity contribution is -0.151. The van der Waals surface area contributed by atoms with Crippen molar-refractivity contribution in [2.75, 3.05) is 26.9 Å². The Bertz CT molecular complexity index is 450. The Morgan fingerprint density at radius 3 is 2.33 bits per heavy atom. The lowest BCUT2D eigenvalue weighted by Crippen LogP contribution is -2.53. The molecule has 1 aromatic rings. The highest BCUT2D eigenvalue weighted by Crippen LogP contribution is 2.27. The van der Waals surface area contributed by atoms with E-state index in [-0.39, 0.29) is 12.6 Å². The van der Waals surface area contributed by atoms with Crippen LogP contribution in [0.4, 0.5) is 0 Å². The maximum Gasteiger partial charge on any atom is 0.329 e. The Morgan fingerprint density at radius 1 is 1.19 bits per heavy atom. The van der Waals surface area contributed by atoms with Crippen LogP contribution in [0.25, 0.3) is 0 Å². The van der Waals surface area contributed by atoms with Gasteiger partial charge in [0.25, 0.3) is 0 Å². The number of hydrogen-bond donors (Lipinski definition) is 1. The van der Waals surface area contributed by atoms with E-state index in [1.807, 2.05) is 31.2 Å². The molecule has 1 unspecified atom stereocenters. The molecule has 1 N–H and O–H groups in total. The molecule has 0 amide bonds. The molecule has 0 saturated carbocycles. The van der Waals surface area contributed by atoms with Crippen LogP contribution in [0.2, 0.25) is 0 Å². The molecule has 0 bridgehead atoms. The standard InChI is InChI=1S/C16H25NO4/c1-5-11-20-13-9-7-8-10-14(13)21-12-16(3,17-4)15(18)19-6-2/h7-10,17H,5-6,11-12H2,1-4H3. The van der Waals surface area contributed by atoms with Crippen molar-refractivity contribution in [1.82, 2.24) is 5.32 Å². The van der Waals surface area contributed by atoms with E-state index in [0.29, 0.717) is 24.7 Å². The van der Waals surface area contributed by atoms with Gasteiger partial charge in [-0.3, -0.25) is 0 Å². The van der Waals surface area contributed by atoms with Crippen molar-refractivity contribution in [3.8, 4) is 11.5 Å². The van der Waals surface area contributed by atoms with E-state index < -0.39 is 5.54 Å². The fourth-order valence-corrected chi connectivity index (χ4v) is 1.65. The van der Waals surface area contributed by atoms with Crippen LogP contribution in [0.3, 0.4) is 0 Å². The zero-order valence-electron chi connectivity index (χ0n) is 13.3. The molecule has 0 aliphatic heterocycles. The lowest BCUT2D eigenvalue weighted by atomic mass is 10.1. The van der Waals surface area contributed by atoms with E-state index in [1.54, 1.807) is 20.9 Å². The number of benzene rings is 1. The fraction of sp³-hybridized carbons (Fsp3) is 0.562. The summed E-state index contributed by atoms with van der Waals surface area (Å²) in [6, 6.07) is 7.44. The van der Waals surface area contributed by atoms with E-state index in [9.17, 15) is 4.79 Å². The summed E-state index contributed by atoms with van der Waals surface area (Å²) in [6.45, 7) is 6.70. The minimum atomic E-state index is -0.895. The molecule has 0 heterocycles. The first kappa shape index (κ1) is 17.3. The van der Waals surface area contributed by atoms with Gasteiger partial charge in [0.2, 0.25) is 0 Å². The summed E-state index contributed by atoms with van der Waals surface area (Å²) in [5.41, 5.74) is -0.895. The third-order valence-corrected chi connectivity index (χ3v) is 3.10. The molecule has 0 aliphatic carbocycles. The fourth-order valence-electron chi connectivity index (χ4n) is 1.65. The summed E-state index contributed by atoms with van der Waals surface area (Å²) in [6.07, 6.45) is 0.922. The summed E-state index contributed by atoms with van der Waals surface area (Å²) in [5, 5.41) is 2.96. The van der Waals surface area contributed by atoms with Crippen LogP contribution in [0, 0.1) is 0 Å². The first-order valence-electron chi connectivity index (χ1n) is 7.28. The Labute approximate surface area is 126 Å². The Morgan fingerprint density at radius 2 is 1.81 bits per heavy atom. The van der Waals surface area contributed by atoms with Crippen molar-refractivity contribution in [2.24, 2.45) is 0 Å². The summed E-state index contributed by atoms with van der Waals surface area (Å²) < 4.78 is 16.5. The van der Waals surface area contributed by atoms with Crippen LogP contribution in [-0.2, 0) is 9.53 Å². The maximum absolute atomic E-state index is 12.0. The normalized spacial score (nSPS) is 13.3. The molecule has 1 atom stereocenters. The number of carbonyl (C=O) groups is 1. The molecule has 5 nitrogen and oxygen atoms in total. The first-order chi connectivity index (χ1) is 10.1. The molecule has 0 saturated heterocycles. The van der Waals surface area contributed by atoms with E-state index >= 15 is 0 Å². The van der Waals surface area contributed by atoms with Gasteiger partial charge in [-0.05, 0) is 39.4 Å². The average molecular weight is 295 g/mol. The second-order valence-electron chi connectivity index (χ2n) is 4.89. The van der Waals surface area contributed by atoms with Crippen molar-refractivity contribution in [2.45, 2.75) is 32.7 Å². The van der Waals surface area contributed by atoms with Gasteiger partial charge in [0.1, 0.15) is 12.1 Å². The van der Waals surface area contributed by atoms with Crippen LogP contribution >= 0.6 is 0 Å². The van der Waals surface area contributed by atoms with Gasteiger partial charge in [-0.2, -0.15) is 0 Å². The van der Waals surface area contributed by atoms with E-state index in [1.165, 1.54) is 0 Å². The van der Waals surface area contributed by atoms with Crippen molar-refractivity contribution in [1.29, 1.82) is 0 Å². The molecule has 1 rings (SSSR count). The predicted molar refractivity (Wildman–Crippen MR) is 81.8 cm³/mol. The third-order valence-electron chi connectivity index (χ3n) is 3.10. The summed E-state index contributed by atoms with van der Waals surface area (Å²) in [5.74, 6) is 0.970. The topological polar surface area (TPSA) is 56.8 Å². The number of hydrogen-bond acceptors (Lipinski definition) is 5. The molecule has 0 spiro atoms. The molecule has 118 valence electrons. The second kappa shape index (κ2) is 8.52. The smallest absolute Gasteiger partial charge is 0.329 e. The SMILES string of the molecule is CCCOc1ccccc1OCC(C)(NC)C(=O)OCC. The van der Waals surface area contributed by atoms with Crippen LogP contribution < -0.4 is 14.8 Å². The zero-order valence-corrected chi connectivity index (χ0v) is 13.3. The molecular formula is C16H25NO4. The summed E-state index contributed by atoms with van der Waals surface area (Å²) in [4.78, 5) is 12.0. The predicted octanol–water partition coefficient (Wildman–Crippen LogP) is 2.40. The van der Waals surface area contributed by atoms with Gasteiger partial charge in [0, 0.05) is 0 Å². The molecule has 0 aliphatic rings. The lowest BCUT2D eigenvalue weighted by Gasteiger charge is -2.27. The molecule has 21 heavy (non-hydrogen) atoms. The second-order valence-corrected chi connectivity index (χ2v) is 4.89. The van der Waals surface area contributed by atoms with E-state index in [2.05, 4.69) is 5.32 Å². The molecule has 0 fully saturated rings. The van der Waals surface area contributed by atoms with Gasteiger partial charge >= 0.3 is 5.97 Å². The summed E-state index contributed by atoms with van der Waals surface area (Å²) in [7, 11) is 1.71. The van der Waals surface area contributed by atoms with E-state index in [0.717, 1.165) is 6.42 Å². The number of carbonyl (C=O) groups excluding carboxylic acids is 1. The zero-order chi connectivity index (χ0) is 15.7.